The Morgan fingerprint density at radius 3 is 2.95 bits per heavy atom. The Labute approximate surface area is 125 Å². The van der Waals surface area contributed by atoms with Gasteiger partial charge in [-0.05, 0) is 45.4 Å². The molecule has 0 radical (unpaired) electrons. The second-order valence-electron chi connectivity index (χ2n) is 5.52. The van der Waals surface area contributed by atoms with Gasteiger partial charge in [0.15, 0.2) is 12.4 Å². The third kappa shape index (κ3) is 4.86. The molecule has 0 saturated carbocycles. The predicted molar refractivity (Wildman–Crippen MR) is 80.6 cm³/mol. The van der Waals surface area contributed by atoms with Gasteiger partial charge in [-0.3, -0.25) is 9.59 Å². The number of hydrogen-bond donors (Lipinski definition) is 2. The topological polar surface area (TPSA) is 67.4 Å². The predicted octanol–water partition coefficient (Wildman–Crippen LogP) is 1.52. The summed E-state index contributed by atoms with van der Waals surface area (Å²) in [6.07, 6.45) is 1.88. The van der Waals surface area contributed by atoms with E-state index in [2.05, 4.69) is 17.6 Å². The Hall–Kier alpha value is -1.88. The highest BCUT2D eigenvalue weighted by Crippen LogP contribution is 2.14. The van der Waals surface area contributed by atoms with Crippen molar-refractivity contribution in [2.24, 2.45) is 0 Å². The molecule has 5 heteroatoms. The minimum absolute atomic E-state index is 0.0198. The molecule has 1 heterocycles. The molecule has 1 fully saturated rings. The molecule has 0 aromatic heterocycles. The molecule has 0 spiro atoms. The third-order valence-electron chi connectivity index (χ3n) is 3.60. The number of benzene rings is 1. The fraction of sp³-hybridized carbons (Fsp3) is 0.500. The highest BCUT2D eigenvalue weighted by molar-refractivity contribution is 5.94. The molecule has 1 amide bonds. The molecule has 2 atom stereocenters. The standard InChI is InChI=1S/C16H22N2O3/c1-11-8-14(6-7-17-11)18-16(20)10-21-15-5-3-4-13(9-15)12(2)19/h3-5,9,11,14,17H,6-8,10H2,1-2H3,(H,18,20). The van der Waals surface area contributed by atoms with Gasteiger partial charge in [-0.25, -0.2) is 0 Å². The van der Waals surface area contributed by atoms with E-state index < -0.39 is 0 Å². The van der Waals surface area contributed by atoms with Crippen molar-refractivity contribution in [1.29, 1.82) is 0 Å². The second-order valence-corrected chi connectivity index (χ2v) is 5.52. The van der Waals surface area contributed by atoms with Crippen molar-refractivity contribution in [3.05, 3.63) is 29.8 Å². The van der Waals surface area contributed by atoms with Crippen molar-refractivity contribution in [3.8, 4) is 5.75 Å². The number of rotatable bonds is 5. The molecule has 1 aromatic carbocycles. The smallest absolute Gasteiger partial charge is 0.258 e. The van der Waals surface area contributed by atoms with Crippen LogP contribution in [-0.2, 0) is 4.79 Å². The molecular formula is C16H22N2O3. The lowest BCUT2D eigenvalue weighted by Gasteiger charge is -2.28. The molecule has 0 aliphatic carbocycles. The van der Waals surface area contributed by atoms with Crippen LogP contribution < -0.4 is 15.4 Å². The number of piperidine rings is 1. The van der Waals surface area contributed by atoms with E-state index in [1.54, 1.807) is 24.3 Å². The van der Waals surface area contributed by atoms with Crippen LogP contribution in [-0.4, -0.2) is 36.9 Å². The number of carbonyl (C=O) groups excluding carboxylic acids is 2. The fourth-order valence-electron chi connectivity index (χ4n) is 2.49. The monoisotopic (exact) mass is 290 g/mol. The first-order chi connectivity index (χ1) is 10.0. The van der Waals surface area contributed by atoms with Gasteiger partial charge >= 0.3 is 0 Å². The summed E-state index contributed by atoms with van der Waals surface area (Å²) < 4.78 is 5.45. The van der Waals surface area contributed by atoms with Gasteiger partial charge in [0.1, 0.15) is 5.75 Å². The molecule has 114 valence electrons. The van der Waals surface area contributed by atoms with Gasteiger partial charge in [-0.1, -0.05) is 12.1 Å². The van der Waals surface area contributed by atoms with E-state index in [4.69, 9.17) is 4.74 Å². The lowest BCUT2D eigenvalue weighted by molar-refractivity contribution is -0.124. The average molecular weight is 290 g/mol. The highest BCUT2D eigenvalue weighted by Gasteiger charge is 2.19. The Kier molecular flexibility index (Phi) is 5.33. The van der Waals surface area contributed by atoms with Gasteiger partial charge < -0.3 is 15.4 Å². The van der Waals surface area contributed by atoms with Crippen molar-refractivity contribution >= 4 is 11.7 Å². The van der Waals surface area contributed by atoms with Crippen LogP contribution in [0.25, 0.3) is 0 Å². The highest BCUT2D eigenvalue weighted by atomic mass is 16.5. The van der Waals surface area contributed by atoms with Crippen molar-refractivity contribution in [1.82, 2.24) is 10.6 Å². The lowest BCUT2D eigenvalue weighted by Crippen LogP contribution is -2.47. The molecule has 2 N–H and O–H groups in total. The van der Waals surface area contributed by atoms with Crippen molar-refractivity contribution < 1.29 is 14.3 Å². The van der Waals surface area contributed by atoms with Gasteiger partial charge in [0.05, 0.1) is 0 Å². The van der Waals surface area contributed by atoms with Crippen LogP contribution in [0.5, 0.6) is 5.75 Å². The maximum absolute atomic E-state index is 11.9. The zero-order chi connectivity index (χ0) is 15.2. The third-order valence-corrected chi connectivity index (χ3v) is 3.60. The van der Waals surface area contributed by atoms with Crippen molar-refractivity contribution in [2.45, 2.75) is 38.8 Å². The van der Waals surface area contributed by atoms with Crippen molar-refractivity contribution in [3.63, 3.8) is 0 Å². The summed E-state index contributed by atoms with van der Waals surface area (Å²) in [5, 5.41) is 6.33. The van der Waals surface area contributed by atoms with Crippen LogP contribution >= 0.6 is 0 Å². The molecular weight excluding hydrogens is 268 g/mol. The summed E-state index contributed by atoms with van der Waals surface area (Å²) in [6, 6.07) is 7.51. The van der Waals surface area contributed by atoms with E-state index in [0.717, 1.165) is 19.4 Å². The molecule has 2 rings (SSSR count). The molecule has 1 aliphatic heterocycles. The summed E-state index contributed by atoms with van der Waals surface area (Å²) in [5.74, 6) is 0.396. The summed E-state index contributed by atoms with van der Waals surface area (Å²) >= 11 is 0. The average Bonchev–Trinajstić information content (AvgIpc) is 2.45. The first kappa shape index (κ1) is 15.5. The Bertz CT molecular complexity index is 516. The van der Waals surface area contributed by atoms with Gasteiger partial charge in [0, 0.05) is 17.6 Å². The number of nitrogens with one attached hydrogen (secondary N) is 2. The number of ketones is 1. The van der Waals surface area contributed by atoms with Crippen molar-refractivity contribution in [2.75, 3.05) is 13.2 Å². The maximum Gasteiger partial charge on any atom is 0.258 e. The van der Waals surface area contributed by atoms with E-state index >= 15 is 0 Å². The molecule has 5 nitrogen and oxygen atoms in total. The minimum atomic E-state index is -0.123. The van der Waals surface area contributed by atoms with Crippen LogP contribution in [0.3, 0.4) is 0 Å². The maximum atomic E-state index is 11.9. The van der Waals surface area contributed by atoms with Crippen LogP contribution in [0.15, 0.2) is 24.3 Å². The Morgan fingerprint density at radius 2 is 2.24 bits per heavy atom. The second kappa shape index (κ2) is 7.22. The lowest BCUT2D eigenvalue weighted by atomic mass is 10.0. The zero-order valence-electron chi connectivity index (χ0n) is 12.5. The van der Waals surface area contributed by atoms with E-state index in [0.29, 0.717) is 17.4 Å². The molecule has 1 aromatic rings. The van der Waals surface area contributed by atoms with E-state index in [9.17, 15) is 9.59 Å². The Morgan fingerprint density at radius 1 is 1.43 bits per heavy atom. The first-order valence-electron chi connectivity index (χ1n) is 7.31. The fourth-order valence-corrected chi connectivity index (χ4v) is 2.49. The van der Waals surface area contributed by atoms with Gasteiger partial charge in [-0.2, -0.15) is 0 Å². The number of amides is 1. The quantitative estimate of drug-likeness (QED) is 0.807. The van der Waals surface area contributed by atoms with Crippen LogP contribution in [0, 0.1) is 0 Å². The Balaban J connectivity index is 1.81. The van der Waals surface area contributed by atoms with Crippen LogP contribution in [0.4, 0.5) is 0 Å². The molecule has 1 saturated heterocycles. The summed E-state index contributed by atoms with van der Waals surface area (Å²) in [7, 11) is 0. The molecule has 21 heavy (non-hydrogen) atoms. The molecule has 1 aliphatic rings. The van der Waals surface area contributed by atoms with E-state index in [1.807, 2.05) is 0 Å². The largest absolute Gasteiger partial charge is 0.484 e. The summed E-state index contributed by atoms with van der Waals surface area (Å²) in [6.45, 7) is 4.51. The van der Waals surface area contributed by atoms with E-state index in [1.165, 1.54) is 6.92 Å². The normalized spacial score (nSPS) is 21.6. The number of ether oxygens (including phenoxy) is 1. The van der Waals surface area contributed by atoms with Crippen LogP contribution in [0.1, 0.15) is 37.0 Å². The first-order valence-corrected chi connectivity index (χ1v) is 7.31. The zero-order valence-corrected chi connectivity index (χ0v) is 12.5. The molecule has 0 bridgehead atoms. The minimum Gasteiger partial charge on any atom is -0.484 e. The van der Waals surface area contributed by atoms with Crippen LogP contribution in [0.2, 0.25) is 0 Å². The summed E-state index contributed by atoms with van der Waals surface area (Å²) in [5.41, 5.74) is 0.583. The summed E-state index contributed by atoms with van der Waals surface area (Å²) in [4.78, 5) is 23.2. The number of carbonyl (C=O) groups is 2. The van der Waals surface area contributed by atoms with Gasteiger partial charge in [0.25, 0.3) is 5.91 Å². The number of hydrogen-bond acceptors (Lipinski definition) is 4. The van der Waals surface area contributed by atoms with Gasteiger partial charge in [-0.15, -0.1) is 0 Å². The van der Waals surface area contributed by atoms with Gasteiger partial charge in [0.2, 0.25) is 0 Å². The number of Topliss-reactive ketones (excluding diaryl/α,β-unsaturated/α-hetero) is 1. The molecule has 2 unspecified atom stereocenters. The van der Waals surface area contributed by atoms with E-state index in [-0.39, 0.29) is 24.3 Å². The SMILES string of the molecule is CC(=O)c1cccc(OCC(=O)NC2CCNC(C)C2)c1.